The molecule has 0 saturated carbocycles. The Labute approximate surface area is 117 Å². The van der Waals surface area contributed by atoms with Crippen LogP contribution in [0.3, 0.4) is 0 Å². The number of fused-ring (bicyclic) bond motifs is 1. The molecule has 2 aromatic heterocycles. The number of hydrogen-bond donors (Lipinski definition) is 1. The summed E-state index contributed by atoms with van der Waals surface area (Å²) < 4.78 is 7.47. The topological polar surface area (TPSA) is 52.5 Å². The minimum Gasteiger partial charge on any atom is -0.496 e. The zero-order valence-electron chi connectivity index (χ0n) is 11.8. The van der Waals surface area contributed by atoms with Crippen molar-refractivity contribution in [3.05, 3.63) is 47.8 Å². The van der Waals surface area contributed by atoms with Gasteiger partial charge in [0.1, 0.15) is 11.6 Å². The van der Waals surface area contributed by atoms with Crippen LogP contribution in [0.25, 0.3) is 16.9 Å². The number of benzene rings is 1. The Hall–Kier alpha value is -2.49. The highest BCUT2D eigenvalue weighted by atomic mass is 16.5. The number of rotatable bonds is 2. The van der Waals surface area contributed by atoms with Gasteiger partial charge in [-0.2, -0.15) is 0 Å². The molecule has 3 rings (SSSR count). The molecule has 0 aliphatic heterocycles. The third-order valence-electron chi connectivity index (χ3n) is 3.44. The zero-order valence-corrected chi connectivity index (χ0v) is 11.8. The van der Waals surface area contributed by atoms with Crippen LogP contribution in [-0.4, -0.2) is 16.5 Å². The third kappa shape index (κ3) is 1.90. The summed E-state index contributed by atoms with van der Waals surface area (Å²) in [6.07, 6.45) is 1.90. The molecule has 0 bridgehead atoms. The molecule has 4 nitrogen and oxygen atoms in total. The van der Waals surface area contributed by atoms with Crippen molar-refractivity contribution in [3.8, 4) is 17.1 Å². The van der Waals surface area contributed by atoms with Crippen LogP contribution < -0.4 is 10.5 Å². The van der Waals surface area contributed by atoms with E-state index >= 15 is 0 Å². The Bertz CT molecular complexity index is 790. The van der Waals surface area contributed by atoms with Crippen LogP contribution in [-0.2, 0) is 0 Å². The standard InChI is InChI=1S/C16H17N3O/c1-10-4-7-15(20-3)13(8-10)16-18-11(2)14-6-5-12(17)9-19(14)16/h4-9H,17H2,1-3H3. The number of aryl methyl sites for hydroxylation is 2. The van der Waals surface area contributed by atoms with Gasteiger partial charge in [0.25, 0.3) is 0 Å². The van der Waals surface area contributed by atoms with E-state index in [1.54, 1.807) is 7.11 Å². The van der Waals surface area contributed by atoms with Crippen molar-refractivity contribution in [1.82, 2.24) is 9.38 Å². The predicted octanol–water partition coefficient (Wildman–Crippen LogP) is 3.21. The van der Waals surface area contributed by atoms with Crippen molar-refractivity contribution in [3.63, 3.8) is 0 Å². The molecule has 0 atom stereocenters. The molecule has 0 radical (unpaired) electrons. The maximum atomic E-state index is 5.90. The second-order valence-corrected chi connectivity index (χ2v) is 4.94. The molecular formula is C16H17N3O. The molecule has 2 N–H and O–H groups in total. The van der Waals surface area contributed by atoms with Gasteiger partial charge >= 0.3 is 0 Å². The fraction of sp³-hybridized carbons (Fsp3) is 0.188. The maximum absolute atomic E-state index is 5.90. The Morgan fingerprint density at radius 3 is 2.70 bits per heavy atom. The molecule has 2 heterocycles. The van der Waals surface area contributed by atoms with E-state index in [0.717, 1.165) is 28.3 Å². The Kier molecular flexibility index (Phi) is 2.86. The van der Waals surface area contributed by atoms with Gasteiger partial charge in [0.2, 0.25) is 0 Å². The SMILES string of the molecule is COc1ccc(C)cc1-c1nc(C)c2ccc(N)cn12. The minimum absolute atomic E-state index is 0.711. The zero-order chi connectivity index (χ0) is 14.3. The number of ether oxygens (including phenoxy) is 1. The predicted molar refractivity (Wildman–Crippen MR) is 81.1 cm³/mol. The number of nitrogens with zero attached hydrogens (tertiary/aromatic N) is 2. The summed E-state index contributed by atoms with van der Waals surface area (Å²) in [7, 11) is 1.67. The van der Waals surface area contributed by atoms with Crippen LogP contribution in [0.2, 0.25) is 0 Å². The van der Waals surface area contributed by atoms with Gasteiger partial charge in [-0.05, 0) is 38.1 Å². The van der Waals surface area contributed by atoms with Crippen LogP contribution in [0.4, 0.5) is 5.69 Å². The van der Waals surface area contributed by atoms with Gasteiger partial charge in [-0.25, -0.2) is 4.98 Å². The number of hydrogen-bond acceptors (Lipinski definition) is 3. The van der Waals surface area contributed by atoms with Gasteiger partial charge in [-0.3, -0.25) is 4.40 Å². The lowest BCUT2D eigenvalue weighted by molar-refractivity contribution is 0.416. The Morgan fingerprint density at radius 1 is 1.15 bits per heavy atom. The number of aromatic nitrogens is 2. The van der Waals surface area contributed by atoms with Crippen molar-refractivity contribution < 1.29 is 4.74 Å². The lowest BCUT2D eigenvalue weighted by Gasteiger charge is -2.09. The van der Waals surface area contributed by atoms with Gasteiger partial charge in [0.05, 0.1) is 23.9 Å². The number of imidazole rings is 1. The largest absolute Gasteiger partial charge is 0.496 e. The molecule has 20 heavy (non-hydrogen) atoms. The van der Waals surface area contributed by atoms with Crippen molar-refractivity contribution in [2.75, 3.05) is 12.8 Å². The van der Waals surface area contributed by atoms with Crippen LogP contribution >= 0.6 is 0 Å². The van der Waals surface area contributed by atoms with Crippen LogP contribution in [0.1, 0.15) is 11.3 Å². The van der Waals surface area contributed by atoms with Crippen LogP contribution in [0.15, 0.2) is 36.5 Å². The molecule has 0 amide bonds. The monoisotopic (exact) mass is 267 g/mol. The fourth-order valence-electron chi connectivity index (χ4n) is 2.44. The lowest BCUT2D eigenvalue weighted by atomic mass is 10.1. The van der Waals surface area contributed by atoms with E-state index in [1.807, 2.05) is 41.8 Å². The summed E-state index contributed by atoms with van der Waals surface area (Å²) in [5.74, 6) is 1.66. The fourth-order valence-corrected chi connectivity index (χ4v) is 2.44. The van der Waals surface area contributed by atoms with Gasteiger partial charge in [-0.1, -0.05) is 11.6 Å². The average Bonchev–Trinajstić information content (AvgIpc) is 2.75. The molecule has 0 spiro atoms. The third-order valence-corrected chi connectivity index (χ3v) is 3.44. The molecule has 0 saturated heterocycles. The summed E-state index contributed by atoms with van der Waals surface area (Å²) in [5.41, 5.74) is 10.8. The number of methoxy groups -OCH3 is 1. The molecule has 1 aromatic carbocycles. The Morgan fingerprint density at radius 2 is 1.95 bits per heavy atom. The van der Waals surface area contributed by atoms with Gasteiger partial charge in [-0.15, -0.1) is 0 Å². The minimum atomic E-state index is 0.711. The second-order valence-electron chi connectivity index (χ2n) is 4.94. The summed E-state index contributed by atoms with van der Waals surface area (Å²) in [6, 6.07) is 9.95. The highest BCUT2D eigenvalue weighted by Crippen LogP contribution is 2.31. The number of nitrogens with two attached hydrogens (primary N) is 1. The molecule has 102 valence electrons. The first-order valence-corrected chi connectivity index (χ1v) is 6.49. The normalized spacial score (nSPS) is 10.9. The molecule has 3 aromatic rings. The van der Waals surface area contributed by atoms with Gasteiger partial charge in [0, 0.05) is 11.9 Å². The highest BCUT2D eigenvalue weighted by molar-refractivity contribution is 5.71. The van der Waals surface area contributed by atoms with E-state index in [2.05, 4.69) is 18.0 Å². The van der Waals surface area contributed by atoms with E-state index in [9.17, 15) is 0 Å². The van der Waals surface area contributed by atoms with E-state index in [4.69, 9.17) is 10.5 Å². The van der Waals surface area contributed by atoms with Gasteiger partial charge in [0.15, 0.2) is 0 Å². The van der Waals surface area contributed by atoms with Crippen molar-refractivity contribution in [2.24, 2.45) is 0 Å². The molecule has 0 aliphatic carbocycles. The van der Waals surface area contributed by atoms with Crippen molar-refractivity contribution in [1.29, 1.82) is 0 Å². The van der Waals surface area contributed by atoms with E-state index in [-0.39, 0.29) is 0 Å². The number of anilines is 1. The number of pyridine rings is 1. The first-order chi connectivity index (χ1) is 9.60. The smallest absolute Gasteiger partial charge is 0.148 e. The molecular weight excluding hydrogens is 250 g/mol. The van der Waals surface area contributed by atoms with Crippen LogP contribution in [0, 0.1) is 13.8 Å². The Balaban J connectivity index is 2.35. The summed E-state index contributed by atoms with van der Waals surface area (Å²) in [6.45, 7) is 4.05. The van der Waals surface area contributed by atoms with E-state index in [1.165, 1.54) is 5.56 Å². The quantitative estimate of drug-likeness (QED) is 0.775. The highest BCUT2D eigenvalue weighted by Gasteiger charge is 2.14. The van der Waals surface area contributed by atoms with Crippen LogP contribution in [0.5, 0.6) is 5.75 Å². The second kappa shape index (κ2) is 4.56. The van der Waals surface area contributed by atoms with Crippen molar-refractivity contribution in [2.45, 2.75) is 13.8 Å². The summed E-state index contributed by atoms with van der Waals surface area (Å²) in [5, 5.41) is 0. The lowest BCUT2D eigenvalue weighted by Crippen LogP contribution is -1.95. The first-order valence-electron chi connectivity index (χ1n) is 6.49. The molecule has 0 fully saturated rings. The maximum Gasteiger partial charge on any atom is 0.148 e. The van der Waals surface area contributed by atoms with E-state index < -0.39 is 0 Å². The molecule has 0 aliphatic rings. The average molecular weight is 267 g/mol. The molecule has 4 heteroatoms. The van der Waals surface area contributed by atoms with E-state index in [0.29, 0.717) is 5.69 Å². The van der Waals surface area contributed by atoms with Gasteiger partial charge < -0.3 is 10.5 Å². The van der Waals surface area contributed by atoms with Crippen molar-refractivity contribution >= 4 is 11.2 Å². The molecule has 0 unspecified atom stereocenters. The summed E-state index contributed by atoms with van der Waals surface area (Å²) >= 11 is 0. The first kappa shape index (κ1) is 12.5. The summed E-state index contributed by atoms with van der Waals surface area (Å²) in [4.78, 5) is 4.68. The number of nitrogen functional groups attached to an aromatic ring is 1.